The number of rotatable bonds is 5. The van der Waals surface area contributed by atoms with E-state index >= 15 is 0 Å². The van der Waals surface area contributed by atoms with Crippen LogP contribution in [-0.2, 0) is 21.4 Å². The maximum Gasteiger partial charge on any atom is 0.334 e. The lowest BCUT2D eigenvalue weighted by Crippen LogP contribution is -2.35. The van der Waals surface area contributed by atoms with Gasteiger partial charge in [-0.05, 0) is 60.2 Å². The molecule has 5 heteroatoms. The third-order valence-electron chi connectivity index (χ3n) is 5.53. The molecule has 1 heterocycles. The van der Waals surface area contributed by atoms with Crippen LogP contribution in [0.5, 0.6) is 0 Å². The second kappa shape index (κ2) is 9.92. The topological polar surface area (TPSA) is 39.2 Å². The maximum absolute atomic E-state index is 13.1. The minimum Gasteiger partial charge on any atom is -0.463 e. The number of carbonyl (C=O) groups excluding carboxylic acids is 1. The Balaban J connectivity index is 0.00000160. The van der Waals surface area contributed by atoms with Gasteiger partial charge in [-0.25, -0.2) is 4.79 Å². The van der Waals surface area contributed by atoms with Crippen LogP contribution in [0.3, 0.4) is 0 Å². The Kier molecular flexibility index (Phi) is 7.83. The summed E-state index contributed by atoms with van der Waals surface area (Å²) in [6.45, 7) is 4.12. The van der Waals surface area contributed by atoms with E-state index in [2.05, 4.69) is 41.4 Å². The van der Waals surface area contributed by atoms with E-state index < -0.39 is 5.41 Å². The Morgan fingerprint density at radius 2 is 1.47 bits per heavy atom. The van der Waals surface area contributed by atoms with Crippen LogP contribution in [0.25, 0.3) is 11.1 Å². The van der Waals surface area contributed by atoms with Gasteiger partial charge in [0.05, 0.1) is 12.0 Å². The van der Waals surface area contributed by atoms with Gasteiger partial charge < -0.3 is 4.74 Å². The Bertz CT molecular complexity index is 1000. The maximum atomic E-state index is 13.1. The fourth-order valence-corrected chi connectivity index (χ4v) is 4.46. The quantitative estimate of drug-likeness (QED) is 0.363. The van der Waals surface area contributed by atoms with E-state index in [0.717, 1.165) is 16.7 Å². The van der Waals surface area contributed by atoms with Gasteiger partial charge >= 0.3 is 5.97 Å². The summed E-state index contributed by atoms with van der Waals surface area (Å²) in [5.41, 5.74) is 5.87. The third-order valence-corrected chi connectivity index (χ3v) is 5.53. The van der Waals surface area contributed by atoms with Crippen molar-refractivity contribution in [2.45, 2.75) is 25.7 Å². The minimum atomic E-state index is -0.588. The van der Waals surface area contributed by atoms with Crippen molar-refractivity contribution in [1.82, 2.24) is 4.98 Å². The average molecular weight is 442 g/mol. The van der Waals surface area contributed by atoms with Crippen molar-refractivity contribution in [2.75, 3.05) is 6.61 Å². The van der Waals surface area contributed by atoms with Crippen molar-refractivity contribution in [2.24, 2.45) is 0 Å². The van der Waals surface area contributed by atoms with Crippen molar-refractivity contribution in [1.29, 1.82) is 0 Å². The first-order valence-corrected chi connectivity index (χ1v) is 9.64. The van der Waals surface area contributed by atoms with Crippen molar-refractivity contribution in [3.8, 4) is 11.1 Å². The van der Waals surface area contributed by atoms with E-state index in [1.54, 1.807) is 12.4 Å². The molecule has 1 aromatic heterocycles. The number of pyridine rings is 1. The van der Waals surface area contributed by atoms with Crippen LogP contribution >= 0.6 is 24.8 Å². The van der Waals surface area contributed by atoms with E-state index in [4.69, 9.17) is 4.74 Å². The van der Waals surface area contributed by atoms with Gasteiger partial charge in [0.15, 0.2) is 0 Å². The van der Waals surface area contributed by atoms with Crippen LogP contribution in [0.4, 0.5) is 0 Å². The molecule has 0 aliphatic heterocycles. The van der Waals surface area contributed by atoms with E-state index in [1.165, 1.54) is 11.1 Å². The smallest absolute Gasteiger partial charge is 0.334 e. The van der Waals surface area contributed by atoms with Crippen molar-refractivity contribution >= 4 is 30.8 Å². The molecule has 0 spiro atoms. The second-order valence-corrected chi connectivity index (χ2v) is 6.95. The highest BCUT2D eigenvalue weighted by molar-refractivity contribution is 5.97. The molecule has 0 fully saturated rings. The molecule has 0 saturated heterocycles. The number of nitrogens with zero attached hydrogens (tertiary/aromatic N) is 1. The fourth-order valence-electron chi connectivity index (χ4n) is 4.46. The molecule has 1 aliphatic rings. The molecule has 0 saturated carbocycles. The summed E-state index contributed by atoms with van der Waals surface area (Å²) in [5, 5.41) is 0. The van der Waals surface area contributed by atoms with Gasteiger partial charge in [-0.1, -0.05) is 54.6 Å². The molecule has 3 nitrogen and oxygen atoms in total. The average Bonchev–Trinajstić information content (AvgIpc) is 3.01. The largest absolute Gasteiger partial charge is 0.463 e. The number of allylic oxidation sites excluding steroid dienone is 1. The number of aromatic nitrogens is 1. The predicted octanol–water partition coefficient (Wildman–Crippen LogP) is 5.94. The SMILES string of the molecule is C/C=C(/C(=O)OCC)C1(Cc2ccncc2)c2ccccc2-c2ccccc21.Cl.Cl. The molecule has 2 aromatic carbocycles. The van der Waals surface area contributed by atoms with Crippen molar-refractivity contribution in [3.05, 3.63) is 101 Å². The second-order valence-electron chi connectivity index (χ2n) is 6.95. The highest BCUT2D eigenvalue weighted by Crippen LogP contribution is 2.54. The van der Waals surface area contributed by atoms with E-state index in [0.29, 0.717) is 18.6 Å². The normalized spacial score (nSPS) is 13.3. The summed E-state index contributed by atoms with van der Waals surface area (Å²) in [7, 11) is 0. The first kappa shape index (κ1) is 23.7. The number of ether oxygens (including phenoxy) is 1. The van der Waals surface area contributed by atoms with Crippen molar-refractivity contribution < 1.29 is 9.53 Å². The number of benzene rings is 2. The Morgan fingerprint density at radius 1 is 0.933 bits per heavy atom. The van der Waals surface area contributed by atoms with Gasteiger partial charge in [-0.2, -0.15) is 0 Å². The van der Waals surface area contributed by atoms with E-state index in [1.807, 2.05) is 44.2 Å². The monoisotopic (exact) mass is 441 g/mol. The highest BCUT2D eigenvalue weighted by Gasteiger charge is 2.48. The van der Waals surface area contributed by atoms with E-state index in [9.17, 15) is 4.79 Å². The molecule has 1 aliphatic carbocycles. The van der Waals surface area contributed by atoms with E-state index in [-0.39, 0.29) is 30.8 Å². The molecule has 0 amide bonds. The van der Waals surface area contributed by atoms with Gasteiger partial charge in [0.1, 0.15) is 0 Å². The van der Waals surface area contributed by atoms with Gasteiger partial charge in [0.2, 0.25) is 0 Å². The summed E-state index contributed by atoms with van der Waals surface area (Å²) in [6, 6.07) is 20.8. The third kappa shape index (κ3) is 3.76. The van der Waals surface area contributed by atoms with Crippen LogP contribution < -0.4 is 0 Å². The molecule has 0 unspecified atom stereocenters. The molecule has 0 N–H and O–H groups in total. The molecule has 156 valence electrons. The summed E-state index contributed by atoms with van der Waals surface area (Å²) in [5.74, 6) is -0.259. The Hall–Kier alpha value is -2.62. The molecule has 0 radical (unpaired) electrons. The first-order valence-electron chi connectivity index (χ1n) is 9.64. The number of hydrogen-bond acceptors (Lipinski definition) is 3. The van der Waals surface area contributed by atoms with Gasteiger partial charge in [-0.15, -0.1) is 24.8 Å². The van der Waals surface area contributed by atoms with Gasteiger partial charge in [0.25, 0.3) is 0 Å². The first-order chi connectivity index (χ1) is 13.7. The summed E-state index contributed by atoms with van der Waals surface area (Å²) in [6.07, 6.45) is 6.19. The zero-order valence-corrected chi connectivity index (χ0v) is 18.6. The zero-order valence-electron chi connectivity index (χ0n) is 17.0. The minimum absolute atomic E-state index is 0. The standard InChI is InChI=1S/C25H23NO2.2ClH/c1-3-21(24(27)28-4-2)25(17-18-13-15-26-16-14-18)22-11-7-5-9-19(22)20-10-6-8-12-23(20)25;;/h3,5-16H,4,17H2,1-2H3;2*1H/b21-3-;;. The number of halogens is 2. The number of esters is 1. The molecule has 4 rings (SSSR count). The van der Waals surface area contributed by atoms with Crippen LogP contribution in [0.1, 0.15) is 30.5 Å². The Morgan fingerprint density at radius 3 is 1.97 bits per heavy atom. The lowest BCUT2D eigenvalue weighted by Gasteiger charge is -2.34. The van der Waals surface area contributed by atoms with Crippen LogP contribution in [-0.4, -0.2) is 17.6 Å². The van der Waals surface area contributed by atoms with Crippen LogP contribution in [0, 0.1) is 0 Å². The molecule has 0 bridgehead atoms. The number of carbonyl (C=O) groups is 1. The lowest BCUT2D eigenvalue weighted by atomic mass is 9.68. The van der Waals surface area contributed by atoms with Gasteiger partial charge in [-0.3, -0.25) is 4.98 Å². The summed E-state index contributed by atoms with van der Waals surface area (Å²) >= 11 is 0. The lowest BCUT2D eigenvalue weighted by molar-refractivity contribution is -0.139. The summed E-state index contributed by atoms with van der Waals surface area (Å²) in [4.78, 5) is 17.2. The molecule has 3 aromatic rings. The molecule has 0 atom stereocenters. The molecule has 30 heavy (non-hydrogen) atoms. The Labute approximate surface area is 190 Å². The molecular formula is C25H25Cl2NO2. The number of hydrogen-bond donors (Lipinski definition) is 0. The van der Waals surface area contributed by atoms with Crippen LogP contribution in [0.15, 0.2) is 84.7 Å². The van der Waals surface area contributed by atoms with Crippen LogP contribution in [0.2, 0.25) is 0 Å². The van der Waals surface area contributed by atoms with Crippen molar-refractivity contribution in [3.63, 3.8) is 0 Å². The zero-order chi connectivity index (χ0) is 19.6. The van der Waals surface area contributed by atoms with Gasteiger partial charge in [0, 0.05) is 18.0 Å². The highest BCUT2D eigenvalue weighted by atomic mass is 35.5. The fraction of sp³-hybridized carbons (Fsp3) is 0.200. The number of fused-ring (bicyclic) bond motifs is 3. The summed E-state index contributed by atoms with van der Waals surface area (Å²) < 4.78 is 5.48. The predicted molar refractivity (Wildman–Crippen MR) is 125 cm³/mol. The molecular weight excluding hydrogens is 417 g/mol.